The second-order valence-electron chi connectivity index (χ2n) is 5.98. The van der Waals surface area contributed by atoms with Crippen molar-refractivity contribution in [3.05, 3.63) is 75.9 Å². The number of esters is 1. The summed E-state index contributed by atoms with van der Waals surface area (Å²) < 4.78 is 4.81. The molecule has 0 fully saturated rings. The average Bonchev–Trinajstić information content (AvgIpc) is 2.92. The van der Waals surface area contributed by atoms with Crippen molar-refractivity contribution in [3.63, 3.8) is 0 Å². The second-order valence-corrected chi connectivity index (χ2v) is 6.41. The summed E-state index contributed by atoms with van der Waals surface area (Å²) in [4.78, 5) is 50.9. The van der Waals surface area contributed by atoms with Gasteiger partial charge in [-0.1, -0.05) is 35.9 Å². The van der Waals surface area contributed by atoms with Crippen molar-refractivity contribution in [1.82, 2.24) is 4.90 Å². The van der Waals surface area contributed by atoms with Gasteiger partial charge in [-0.15, -0.1) is 0 Å². The zero-order valence-electron chi connectivity index (χ0n) is 15.0. The third-order valence-corrected chi connectivity index (χ3v) is 4.36. The number of hydrogen-bond acceptors (Lipinski definition) is 5. The number of fused-ring (bicyclic) bond motifs is 1. The lowest BCUT2D eigenvalue weighted by atomic mass is 10.1. The molecule has 2 amide bonds. The number of ketones is 1. The van der Waals surface area contributed by atoms with Gasteiger partial charge < -0.3 is 4.74 Å². The number of ether oxygens (including phenoxy) is 1. The monoisotopic (exact) mass is 397 g/mol. The van der Waals surface area contributed by atoms with E-state index in [9.17, 15) is 19.2 Å². The highest BCUT2D eigenvalue weighted by molar-refractivity contribution is 6.30. The molecule has 1 heterocycles. The maximum absolute atomic E-state index is 12.8. The highest BCUT2D eigenvalue weighted by Crippen LogP contribution is 2.28. The normalized spacial score (nSPS) is 13.5. The van der Waals surface area contributed by atoms with E-state index in [0.717, 1.165) is 4.90 Å². The largest absolute Gasteiger partial charge is 0.466 e. The Morgan fingerprint density at radius 1 is 1.00 bits per heavy atom. The number of allylic oxidation sites excluding steroid dienone is 1. The third-order valence-electron chi connectivity index (χ3n) is 4.10. The van der Waals surface area contributed by atoms with Crippen LogP contribution in [0.1, 0.15) is 39.6 Å². The first-order valence-electron chi connectivity index (χ1n) is 8.56. The van der Waals surface area contributed by atoms with Gasteiger partial charge >= 0.3 is 5.97 Å². The first-order valence-corrected chi connectivity index (χ1v) is 8.94. The topological polar surface area (TPSA) is 80.8 Å². The average molecular weight is 398 g/mol. The van der Waals surface area contributed by atoms with E-state index < -0.39 is 30.0 Å². The van der Waals surface area contributed by atoms with Crippen LogP contribution in [0.15, 0.2) is 54.2 Å². The van der Waals surface area contributed by atoms with Gasteiger partial charge in [0.2, 0.25) is 0 Å². The molecule has 0 atom stereocenters. The van der Waals surface area contributed by atoms with Gasteiger partial charge in [-0.2, -0.15) is 0 Å². The van der Waals surface area contributed by atoms with E-state index in [4.69, 9.17) is 16.3 Å². The molecule has 2 aromatic carbocycles. The summed E-state index contributed by atoms with van der Waals surface area (Å²) in [6, 6.07) is 12.8. The van der Waals surface area contributed by atoms with Crippen LogP contribution in [0.2, 0.25) is 5.02 Å². The lowest BCUT2D eigenvalue weighted by Crippen LogP contribution is -2.33. The van der Waals surface area contributed by atoms with E-state index in [1.807, 2.05) is 0 Å². The quantitative estimate of drug-likeness (QED) is 0.322. The molecular weight excluding hydrogens is 382 g/mol. The fourth-order valence-electron chi connectivity index (χ4n) is 2.83. The van der Waals surface area contributed by atoms with Crippen molar-refractivity contribution in [3.8, 4) is 0 Å². The minimum absolute atomic E-state index is 0.120. The molecule has 142 valence electrons. The zero-order valence-corrected chi connectivity index (χ0v) is 15.7. The van der Waals surface area contributed by atoms with Crippen LogP contribution < -0.4 is 0 Å². The molecular formula is C21H16ClNO5. The molecule has 1 aliphatic rings. The first-order chi connectivity index (χ1) is 13.4. The molecule has 0 saturated carbocycles. The van der Waals surface area contributed by atoms with Gasteiger partial charge in [0.1, 0.15) is 6.42 Å². The summed E-state index contributed by atoms with van der Waals surface area (Å²) in [6.45, 7) is 1.74. The third kappa shape index (κ3) is 3.87. The molecule has 0 radical (unpaired) electrons. The van der Waals surface area contributed by atoms with Crippen LogP contribution in [0.25, 0.3) is 6.08 Å². The van der Waals surface area contributed by atoms with Crippen LogP contribution in [-0.2, 0) is 14.3 Å². The van der Waals surface area contributed by atoms with Crippen LogP contribution in [0.5, 0.6) is 0 Å². The van der Waals surface area contributed by atoms with Gasteiger partial charge in [-0.25, -0.2) is 4.90 Å². The van der Waals surface area contributed by atoms with E-state index in [1.165, 1.54) is 18.2 Å². The Hall–Kier alpha value is -3.25. The summed E-state index contributed by atoms with van der Waals surface area (Å²) >= 11 is 5.88. The number of carbonyl (C=O) groups is 4. The molecule has 28 heavy (non-hydrogen) atoms. The van der Waals surface area contributed by atoms with Gasteiger partial charge in [0.25, 0.3) is 11.8 Å². The predicted octanol–water partition coefficient (Wildman–Crippen LogP) is 3.50. The molecule has 0 saturated heterocycles. The molecule has 0 spiro atoms. The minimum Gasteiger partial charge on any atom is -0.466 e. The number of amides is 2. The lowest BCUT2D eigenvalue weighted by Gasteiger charge is -2.17. The Morgan fingerprint density at radius 2 is 1.57 bits per heavy atom. The Kier molecular flexibility index (Phi) is 5.70. The van der Waals surface area contributed by atoms with E-state index in [2.05, 4.69) is 0 Å². The number of imide groups is 1. The van der Waals surface area contributed by atoms with E-state index in [-0.39, 0.29) is 23.4 Å². The van der Waals surface area contributed by atoms with Gasteiger partial charge in [-0.3, -0.25) is 19.2 Å². The summed E-state index contributed by atoms with van der Waals surface area (Å²) in [6.07, 6.45) is 0.806. The number of benzene rings is 2. The summed E-state index contributed by atoms with van der Waals surface area (Å²) in [5.41, 5.74) is 0.770. The number of halogens is 1. The van der Waals surface area contributed by atoms with E-state index in [0.29, 0.717) is 10.6 Å². The number of rotatable bonds is 6. The van der Waals surface area contributed by atoms with Gasteiger partial charge in [0.15, 0.2) is 5.78 Å². The Morgan fingerprint density at radius 3 is 2.11 bits per heavy atom. The number of hydrogen-bond donors (Lipinski definition) is 0. The standard InChI is InChI=1S/C21H16ClNO5/c1-2-28-19(25)12-18(24)17(11-13-7-9-14(22)10-8-13)23-20(26)15-5-3-4-6-16(15)21(23)27/h3-11H,2,12H2,1H3. The maximum atomic E-state index is 12.8. The van der Waals surface area contributed by atoms with E-state index in [1.54, 1.807) is 43.3 Å². The van der Waals surface area contributed by atoms with Crippen molar-refractivity contribution in [2.75, 3.05) is 6.61 Å². The zero-order chi connectivity index (χ0) is 20.3. The number of Topliss-reactive ketones (excluding diaryl/α,β-unsaturated/α-hetero) is 1. The van der Waals surface area contributed by atoms with Gasteiger partial charge in [0.05, 0.1) is 23.4 Å². The molecule has 1 aliphatic heterocycles. The van der Waals surface area contributed by atoms with Gasteiger partial charge in [-0.05, 0) is 42.8 Å². The van der Waals surface area contributed by atoms with Crippen molar-refractivity contribution in [1.29, 1.82) is 0 Å². The molecule has 0 unspecified atom stereocenters. The van der Waals surface area contributed by atoms with Crippen molar-refractivity contribution in [2.24, 2.45) is 0 Å². The van der Waals surface area contributed by atoms with Crippen molar-refractivity contribution >= 4 is 41.2 Å². The predicted molar refractivity (Wildman–Crippen MR) is 103 cm³/mol. The van der Waals surface area contributed by atoms with Crippen LogP contribution in [-0.4, -0.2) is 35.1 Å². The van der Waals surface area contributed by atoms with Crippen LogP contribution in [0, 0.1) is 0 Å². The van der Waals surface area contributed by atoms with Crippen LogP contribution in [0.3, 0.4) is 0 Å². The number of carbonyl (C=O) groups excluding carboxylic acids is 4. The highest BCUT2D eigenvalue weighted by Gasteiger charge is 2.39. The number of nitrogens with zero attached hydrogens (tertiary/aromatic N) is 1. The first kappa shape index (κ1) is 19.5. The fraction of sp³-hybridized carbons (Fsp3) is 0.143. The SMILES string of the molecule is CCOC(=O)CC(=O)C(=Cc1ccc(Cl)cc1)N1C(=O)c2ccccc2C1=O. The molecule has 0 aliphatic carbocycles. The smallest absolute Gasteiger partial charge is 0.313 e. The van der Waals surface area contributed by atoms with Crippen LogP contribution >= 0.6 is 11.6 Å². The molecule has 0 N–H and O–H groups in total. The van der Waals surface area contributed by atoms with Crippen LogP contribution in [0.4, 0.5) is 0 Å². The lowest BCUT2D eigenvalue weighted by molar-refractivity contribution is -0.145. The Balaban J connectivity index is 2.03. The summed E-state index contributed by atoms with van der Waals surface area (Å²) in [5.74, 6) is -2.65. The molecule has 7 heteroatoms. The Bertz CT molecular complexity index is 959. The molecule has 0 bridgehead atoms. The molecule has 2 aromatic rings. The summed E-state index contributed by atoms with van der Waals surface area (Å²) in [5, 5.41) is 0.497. The Labute approximate surface area is 166 Å². The minimum atomic E-state index is -0.730. The van der Waals surface area contributed by atoms with E-state index >= 15 is 0 Å². The van der Waals surface area contributed by atoms with Gasteiger partial charge in [0, 0.05) is 5.02 Å². The molecule has 6 nitrogen and oxygen atoms in total. The van der Waals surface area contributed by atoms with Crippen molar-refractivity contribution in [2.45, 2.75) is 13.3 Å². The molecule has 3 rings (SSSR count). The fourth-order valence-corrected chi connectivity index (χ4v) is 2.95. The second kappa shape index (κ2) is 8.19. The van der Waals surface area contributed by atoms with Crippen molar-refractivity contribution < 1.29 is 23.9 Å². The highest BCUT2D eigenvalue weighted by atomic mass is 35.5. The summed E-state index contributed by atoms with van der Waals surface area (Å²) in [7, 11) is 0. The molecule has 0 aromatic heterocycles. The maximum Gasteiger partial charge on any atom is 0.313 e.